The number of hydrogen-bond acceptors (Lipinski definition) is 3. The molecule has 0 saturated heterocycles. The number of Topliss-reactive ketones (excluding diaryl/α,β-unsaturated/α-hetero) is 1. The molecule has 1 aromatic carbocycles. The molecular formula is C16H19F2NO3. The summed E-state index contributed by atoms with van der Waals surface area (Å²) >= 11 is 0. The van der Waals surface area contributed by atoms with Crippen molar-refractivity contribution in [3.63, 3.8) is 0 Å². The maximum absolute atomic E-state index is 12.6. The van der Waals surface area contributed by atoms with Crippen LogP contribution in [0.25, 0.3) is 0 Å². The molecule has 1 saturated carbocycles. The molecule has 1 fully saturated rings. The van der Waals surface area contributed by atoms with E-state index >= 15 is 0 Å². The first kappa shape index (κ1) is 16.4. The van der Waals surface area contributed by atoms with Crippen LogP contribution in [0.2, 0.25) is 0 Å². The Balaban J connectivity index is 2.18. The largest absolute Gasteiger partial charge is 0.496 e. The van der Waals surface area contributed by atoms with Crippen molar-refractivity contribution in [3.8, 4) is 5.75 Å². The van der Waals surface area contributed by atoms with E-state index in [1.807, 2.05) is 0 Å². The molecule has 0 radical (unpaired) electrons. The van der Waals surface area contributed by atoms with E-state index in [4.69, 9.17) is 4.74 Å². The van der Waals surface area contributed by atoms with Crippen molar-refractivity contribution in [2.24, 2.45) is 0 Å². The average Bonchev–Trinajstić information content (AvgIpc) is 3.28. The highest BCUT2D eigenvalue weighted by Gasteiger charge is 2.34. The van der Waals surface area contributed by atoms with Gasteiger partial charge in [0.25, 0.3) is 6.43 Å². The molecule has 0 atom stereocenters. The quantitative estimate of drug-likeness (QED) is 0.727. The molecule has 1 amide bonds. The van der Waals surface area contributed by atoms with Crippen LogP contribution in [0, 0.1) is 0 Å². The maximum Gasteiger partial charge on any atom is 0.255 e. The van der Waals surface area contributed by atoms with Crippen molar-refractivity contribution in [2.75, 3.05) is 13.7 Å². The molecule has 0 N–H and O–H groups in total. The number of rotatable bonds is 7. The minimum Gasteiger partial charge on any atom is -0.496 e. The fourth-order valence-electron chi connectivity index (χ4n) is 2.39. The van der Waals surface area contributed by atoms with E-state index in [-0.39, 0.29) is 24.2 Å². The Morgan fingerprint density at radius 3 is 2.55 bits per heavy atom. The molecule has 4 nitrogen and oxygen atoms in total. The number of carbonyl (C=O) groups is 2. The lowest BCUT2D eigenvalue weighted by atomic mass is 10.0. The summed E-state index contributed by atoms with van der Waals surface area (Å²) in [5.74, 6) is -0.00377. The summed E-state index contributed by atoms with van der Waals surface area (Å²) in [7, 11) is 1.47. The Hall–Kier alpha value is -1.98. The van der Waals surface area contributed by atoms with Gasteiger partial charge >= 0.3 is 0 Å². The highest BCUT2D eigenvalue weighted by atomic mass is 19.3. The summed E-state index contributed by atoms with van der Waals surface area (Å²) in [6.07, 6.45) is -1.06. The smallest absolute Gasteiger partial charge is 0.255 e. The fraction of sp³-hybridized carbons (Fsp3) is 0.500. The molecular weight excluding hydrogens is 292 g/mol. The van der Waals surface area contributed by atoms with Gasteiger partial charge in [-0.05, 0) is 38.0 Å². The normalized spacial score (nSPS) is 14.0. The average molecular weight is 311 g/mol. The molecule has 0 unspecified atom stereocenters. The molecule has 1 aliphatic carbocycles. The molecule has 120 valence electrons. The minimum atomic E-state index is -2.55. The molecule has 2 rings (SSSR count). The van der Waals surface area contributed by atoms with Gasteiger partial charge in [0.1, 0.15) is 5.75 Å². The van der Waals surface area contributed by atoms with E-state index in [1.54, 1.807) is 18.2 Å². The summed E-state index contributed by atoms with van der Waals surface area (Å²) in [5, 5.41) is 0. The summed E-state index contributed by atoms with van der Waals surface area (Å²) in [4.78, 5) is 25.0. The first-order chi connectivity index (χ1) is 10.4. The zero-order valence-corrected chi connectivity index (χ0v) is 12.6. The van der Waals surface area contributed by atoms with E-state index in [2.05, 4.69) is 0 Å². The number of amides is 1. The van der Waals surface area contributed by atoms with Gasteiger partial charge in [0, 0.05) is 17.2 Å². The molecule has 0 aliphatic heterocycles. The number of nitrogens with zero attached hydrogens (tertiary/aromatic N) is 1. The Bertz CT molecular complexity index is 571. The zero-order chi connectivity index (χ0) is 16.3. The summed E-state index contributed by atoms with van der Waals surface area (Å²) in [6.45, 7) is 0.888. The van der Waals surface area contributed by atoms with Crippen LogP contribution in [0.1, 0.15) is 35.7 Å². The SMILES string of the molecule is COc1ccc(C(C)=O)cc1CC(=O)N(CC(F)F)C1CC1. The molecule has 0 heterocycles. The number of benzene rings is 1. The second kappa shape index (κ2) is 6.85. The van der Waals surface area contributed by atoms with Gasteiger partial charge in [-0.1, -0.05) is 0 Å². The number of ketones is 1. The van der Waals surface area contributed by atoms with Gasteiger partial charge in [-0.2, -0.15) is 0 Å². The zero-order valence-electron chi connectivity index (χ0n) is 12.6. The highest BCUT2D eigenvalue weighted by Crippen LogP contribution is 2.29. The monoisotopic (exact) mass is 311 g/mol. The van der Waals surface area contributed by atoms with Crippen LogP contribution in [0.5, 0.6) is 5.75 Å². The fourth-order valence-corrected chi connectivity index (χ4v) is 2.39. The number of halogens is 2. The summed E-state index contributed by atoms with van der Waals surface area (Å²) in [5.41, 5.74) is 1.01. The van der Waals surface area contributed by atoms with Crippen LogP contribution >= 0.6 is 0 Å². The third-order valence-electron chi connectivity index (χ3n) is 3.67. The summed E-state index contributed by atoms with van der Waals surface area (Å²) in [6, 6.07) is 4.75. The third kappa shape index (κ3) is 4.02. The lowest BCUT2D eigenvalue weighted by Crippen LogP contribution is -2.38. The van der Waals surface area contributed by atoms with Crippen LogP contribution in [-0.4, -0.2) is 42.7 Å². The lowest BCUT2D eigenvalue weighted by Gasteiger charge is -2.22. The first-order valence-electron chi connectivity index (χ1n) is 7.17. The highest BCUT2D eigenvalue weighted by molar-refractivity contribution is 5.94. The van der Waals surface area contributed by atoms with Crippen molar-refractivity contribution < 1.29 is 23.1 Å². The molecule has 0 aromatic heterocycles. The first-order valence-corrected chi connectivity index (χ1v) is 7.17. The Labute approximate surface area is 128 Å². The van der Waals surface area contributed by atoms with Gasteiger partial charge < -0.3 is 9.64 Å². The van der Waals surface area contributed by atoms with E-state index in [9.17, 15) is 18.4 Å². The van der Waals surface area contributed by atoms with E-state index < -0.39 is 13.0 Å². The molecule has 0 bridgehead atoms. The number of ether oxygens (including phenoxy) is 1. The molecule has 6 heteroatoms. The van der Waals surface area contributed by atoms with Crippen LogP contribution in [0.3, 0.4) is 0 Å². The van der Waals surface area contributed by atoms with Crippen molar-refractivity contribution in [2.45, 2.75) is 38.7 Å². The number of hydrogen-bond donors (Lipinski definition) is 0. The predicted octanol–water partition coefficient (Wildman–Crippen LogP) is 2.70. The van der Waals surface area contributed by atoms with E-state index in [0.717, 1.165) is 12.8 Å². The van der Waals surface area contributed by atoms with Gasteiger partial charge in [-0.15, -0.1) is 0 Å². The van der Waals surface area contributed by atoms with E-state index in [0.29, 0.717) is 16.9 Å². The third-order valence-corrected chi connectivity index (χ3v) is 3.67. The molecule has 1 aromatic rings. The van der Waals surface area contributed by atoms with Crippen LogP contribution in [0.4, 0.5) is 8.78 Å². The molecule has 22 heavy (non-hydrogen) atoms. The Morgan fingerprint density at radius 1 is 1.36 bits per heavy atom. The van der Waals surface area contributed by atoms with E-state index in [1.165, 1.54) is 18.9 Å². The minimum absolute atomic E-state index is 0.0481. The standard InChI is InChI=1S/C16H19F2NO3/c1-10(20)11-3-6-14(22-2)12(7-11)8-16(21)19(9-15(17)18)13-4-5-13/h3,6-7,13,15H,4-5,8-9H2,1-2H3. The maximum atomic E-state index is 12.6. The number of methoxy groups -OCH3 is 1. The van der Waals surface area contributed by atoms with Crippen molar-refractivity contribution in [3.05, 3.63) is 29.3 Å². The number of alkyl halides is 2. The lowest BCUT2D eigenvalue weighted by molar-refractivity contribution is -0.133. The van der Waals surface area contributed by atoms with Gasteiger partial charge in [0.2, 0.25) is 5.91 Å². The van der Waals surface area contributed by atoms with Crippen molar-refractivity contribution in [1.82, 2.24) is 4.90 Å². The topological polar surface area (TPSA) is 46.6 Å². The van der Waals surface area contributed by atoms with Crippen LogP contribution in [0.15, 0.2) is 18.2 Å². The van der Waals surface area contributed by atoms with Crippen molar-refractivity contribution in [1.29, 1.82) is 0 Å². The second-order valence-corrected chi connectivity index (χ2v) is 5.43. The molecule has 0 spiro atoms. The van der Waals surface area contributed by atoms with Crippen LogP contribution < -0.4 is 4.74 Å². The van der Waals surface area contributed by atoms with Gasteiger partial charge in [0.05, 0.1) is 20.1 Å². The molecule has 1 aliphatic rings. The van der Waals surface area contributed by atoms with Crippen molar-refractivity contribution >= 4 is 11.7 Å². The second-order valence-electron chi connectivity index (χ2n) is 5.43. The summed E-state index contributed by atoms with van der Waals surface area (Å²) < 4.78 is 30.4. The Kier molecular flexibility index (Phi) is 5.11. The number of carbonyl (C=O) groups excluding carboxylic acids is 2. The van der Waals surface area contributed by atoms with Crippen LogP contribution in [-0.2, 0) is 11.2 Å². The van der Waals surface area contributed by atoms with Gasteiger partial charge in [0.15, 0.2) is 5.78 Å². The Morgan fingerprint density at radius 2 is 2.05 bits per heavy atom. The van der Waals surface area contributed by atoms with Gasteiger partial charge in [-0.25, -0.2) is 8.78 Å². The van der Waals surface area contributed by atoms with Gasteiger partial charge in [-0.3, -0.25) is 9.59 Å². The predicted molar refractivity (Wildman–Crippen MR) is 77.4 cm³/mol.